The summed E-state index contributed by atoms with van der Waals surface area (Å²) in [6, 6.07) is 6.98. The normalized spacial score (nSPS) is 28.0. The summed E-state index contributed by atoms with van der Waals surface area (Å²) in [5.41, 5.74) is 3.20. The van der Waals surface area contributed by atoms with Gasteiger partial charge in [0.05, 0.1) is 15.7 Å². The Hall–Kier alpha value is -0.190. The van der Waals surface area contributed by atoms with Crippen molar-refractivity contribution < 1.29 is 4.21 Å². The Morgan fingerprint density at radius 3 is 2.55 bits per heavy atom. The summed E-state index contributed by atoms with van der Waals surface area (Å²) in [4.78, 5) is 0. The van der Waals surface area contributed by atoms with Crippen LogP contribution >= 0.6 is 15.9 Å². The highest BCUT2D eigenvalue weighted by Gasteiger charge is 2.50. The molecular weight excluding hydrogens is 358 g/mol. The summed E-state index contributed by atoms with van der Waals surface area (Å²) in [5.74, 6) is 0.396. The minimum atomic E-state index is -1.01. The SMILES string of the molecule is CC1c2cc(Br)ccc2CC2(CCC2)C1NS(=O)C(C)(C)C. The lowest BCUT2D eigenvalue weighted by Crippen LogP contribution is -2.57. The molecule has 0 aromatic heterocycles. The van der Waals surface area contributed by atoms with Gasteiger partial charge in [-0.3, -0.25) is 0 Å². The van der Waals surface area contributed by atoms with Crippen molar-refractivity contribution in [2.75, 3.05) is 0 Å². The molecule has 22 heavy (non-hydrogen) atoms. The molecule has 3 rings (SSSR count). The molecule has 1 aromatic rings. The van der Waals surface area contributed by atoms with Crippen molar-refractivity contribution in [2.24, 2.45) is 5.41 Å². The molecule has 1 spiro atoms. The second kappa shape index (κ2) is 5.71. The first kappa shape index (κ1) is 16.7. The topological polar surface area (TPSA) is 29.1 Å². The fourth-order valence-corrected chi connectivity index (χ4v) is 5.40. The maximum atomic E-state index is 12.7. The lowest BCUT2D eigenvalue weighted by Gasteiger charge is -2.54. The van der Waals surface area contributed by atoms with Gasteiger partial charge < -0.3 is 0 Å². The Morgan fingerprint density at radius 1 is 1.32 bits per heavy atom. The second-order valence-electron chi connectivity index (χ2n) is 8.00. The van der Waals surface area contributed by atoms with E-state index in [0.717, 1.165) is 10.9 Å². The minimum absolute atomic E-state index is 0.220. The van der Waals surface area contributed by atoms with Gasteiger partial charge in [-0.2, -0.15) is 0 Å². The predicted octanol–water partition coefficient (Wildman–Crippen LogP) is 4.70. The highest BCUT2D eigenvalue weighted by molar-refractivity contribution is 9.10. The van der Waals surface area contributed by atoms with Gasteiger partial charge in [-0.25, -0.2) is 8.93 Å². The zero-order chi connectivity index (χ0) is 16.1. The molecule has 1 aromatic carbocycles. The average molecular weight is 384 g/mol. The second-order valence-corrected chi connectivity index (χ2v) is 10.9. The molecule has 0 bridgehead atoms. The van der Waals surface area contributed by atoms with Crippen molar-refractivity contribution >= 4 is 26.9 Å². The number of hydrogen-bond acceptors (Lipinski definition) is 1. The molecule has 2 aliphatic carbocycles. The van der Waals surface area contributed by atoms with Crippen molar-refractivity contribution in [1.29, 1.82) is 0 Å². The molecule has 1 saturated carbocycles. The summed E-state index contributed by atoms with van der Waals surface area (Å²) in [6.07, 6.45) is 4.94. The van der Waals surface area contributed by atoms with E-state index >= 15 is 0 Å². The van der Waals surface area contributed by atoms with Gasteiger partial charge in [0.15, 0.2) is 0 Å². The third kappa shape index (κ3) is 2.83. The van der Waals surface area contributed by atoms with E-state index in [1.165, 1.54) is 30.4 Å². The maximum absolute atomic E-state index is 12.7. The summed E-state index contributed by atoms with van der Waals surface area (Å²) in [5, 5.41) is 0. The van der Waals surface area contributed by atoms with E-state index < -0.39 is 11.0 Å². The third-order valence-electron chi connectivity index (χ3n) is 5.44. The number of nitrogens with one attached hydrogen (secondary N) is 1. The van der Waals surface area contributed by atoms with E-state index in [-0.39, 0.29) is 4.75 Å². The summed E-state index contributed by atoms with van der Waals surface area (Å²) < 4.78 is 17.1. The first-order valence-corrected chi connectivity index (χ1v) is 10.1. The Labute approximate surface area is 145 Å². The molecule has 1 fully saturated rings. The van der Waals surface area contributed by atoms with Crippen LogP contribution in [0.25, 0.3) is 0 Å². The van der Waals surface area contributed by atoms with Crippen molar-refractivity contribution in [3.8, 4) is 0 Å². The van der Waals surface area contributed by atoms with E-state index in [1.807, 2.05) is 20.8 Å². The quantitative estimate of drug-likeness (QED) is 0.787. The van der Waals surface area contributed by atoms with Gasteiger partial charge in [-0.1, -0.05) is 35.3 Å². The number of hydrogen-bond donors (Lipinski definition) is 1. The van der Waals surface area contributed by atoms with E-state index in [4.69, 9.17) is 0 Å². The predicted molar refractivity (Wildman–Crippen MR) is 97.4 cm³/mol. The van der Waals surface area contributed by atoms with Crippen molar-refractivity contribution in [2.45, 2.75) is 70.1 Å². The minimum Gasteiger partial charge on any atom is -0.242 e. The first-order valence-electron chi connectivity index (χ1n) is 8.19. The smallest absolute Gasteiger partial charge is 0.0973 e. The fourth-order valence-electron chi connectivity index (χ4n) is 3.99. The Bertz CT molecular complexity index is 604. The third-order valence-corrected chi connectivity index (χ3v) is 7.51. The van der Waals surface area contributed by atoms with Crippen LogP contribution in [0.4, 0.5) is 0 Å². The molecule has 0 saturated heterocycles. The molecule has 3 atom stereocenters. The Balaban J connectivity index is 1.95. The van der Waals surface area contributed by atoms with E-state index in [1.54, 1.807) is 0 Å². The lowest BCUT2D eigenvalue weighted by atomic mass is 9.55. The Kier molecular flexibility index (Phi) is 4.33. The molecular formula is C18H26BrNOS. The molecule has 0 radical (unpaired) electrons. The molecule has 122 valence electrons. The average Bonchev–Trinajstić information content (AvgIpc) is 2.39. The summed E-state index contributed by atoms with van der Waals surface area (Å²) in [7, 11) is -1.01. The summed E-state index contributed by atoms with van der Waals surface area (Å²) >= 11 is 3.60. The lowest BCUT2D eigenvalue weighted by molar-refractivity contribution is 0.0642. The van der Waals surface area contributed by atoms with Crippen LogP contribution in [-0.2, 0) is 17.4 Å². The molecule has 0 amide bonds. The van der Waals surface area contributed by atoms with E-state index in [9.17, 15) is 4.21 Å². The first-order chi connectivity index (χ1) is 10.2. The number of halogens is 1. The van der Waals surface area contributed by atoms with Crippen LogP contribution < -0.4 is 4.72 Å². The molecule has 4 heteroatoms. The molecule has 3 unspecified atom stereocenters. The van der Waals surface area contributed by atoms with Gasteiger partial charge >= 0.3 is 0 Å². The van der Waals surface area contributed by atoms with Gasteiger partial charge in [0.25, 0.3) is 0 Å². The highest BCUT2D eigenvalue weighted by atomic mass is 79.9. The van der Waals surface area contributed by atoms with E-state index in [0.29, 0.717) is 17.4 Å². The van der Waals surface area contributed by atoms with Crippen LogP contribution in [0.5, 0.6) is 0 Å². The number of rotatable bonds is 2. The van der Waals surface area contributed by atoms with Gasteiger partial charge in [0.1, 0.15) is 0 Å². The van der Waals surface area contributed by atoms with Crippen LogP contribution in [-0.4, -0.2) is 15.0 Å². The van der Waals surface area contributed by atoms with Crippen LogP contribution in [0, 0.1) is 5.41 Å². The highest BCUT2D eigenvalue weighted by Crippen LogP contribution is 2.54. The zero-order valence-electron chi connectivity index (χ0n) is 13.9. The van der Waals surface area contributed by atoms with Crippen LogP contribution in [0.3, 0.4) is 0 Å². The molecule has 0 heterocycles. The fraction of sp³-hybridized carbons (Fsp3) is 0.667. The number of fused-ring (bicyclic) bond motifs is 1. The number of benzene rings is 1. The van der Waals surface area contributed by atoms with Crippen LogP contribution in [0.15, 0.2) is 22.7 Å². The molecule has 2 aliphatic rings. The van der Waals surface area contributed by atoms with Gasteiger partial charge in [-0.15, -0.1) is 0 Å². The van der Waals surface area contributed by atoms with Crippen molar-refractivity contribution in [3.63, 3.8) is 0 Å². The van der Waals surface area contributed by atoms with Gasteiger partial charge in [0.2, 0.25) is 0 Å². The molecule has 2 nitrogen and oxygen atoms in total. The summed E-state index contributed by atoms with van der Waals surface area (Å²) in [6.45, 7) is 8.42. The van der Waals surface area contributed by atoms with Crippen LogP contribution in [0.2, 0.25) is 0 Å². The maximum Gasteiger partial charge on any atom is 0.0973 e. The Morgan fingerprint density at radius 2 is 2.00 bits per heavy atom. The monoisotopic (exact) mass is 383 g/mol. The van der Waals surface area contributed by atoms with Crippen LogP contribution in [0.1, 0.15) is 64.0 Å². The largest absolute Gasteiger partial charge is 0.242 e. The van der Waals surface area contributed by atoms with E-state index in [2.05, 4.69) is 45.8 Å². The van der Waals surface area contributed by atoms with Crippen molar-refractivity contribution in [1.82, 2.24) is 4.72 Å². The molecule has 1 N–H and O–H groups in total. The standard InChI is InChI=1S/C18H26BrNOS/c1-12-15-10-14(19)7-6-13(15)11-18(8-5-9-18)16(12)20-22(21)17(2,3)4/h6-7,10,12,16,20H,5,8-9,11H2,1-4H3. The van der Waals surface area contributed by atoms with Gasteiger partial charge in [-0.05, 0) is 74.6 Å². The van der Waals surface area contributed by atoms with Crippen molar-refractivity contribution in [3.05, 3.63) is 33.8 Å². The van der Waals surface area contributed by atoms with Gasteiger partial charge in [0, 0.05) is 10.5 Å². The molecule has 0 aliphatic heterocycles. The zero-order valence-corrected chi connectivity index (χ0v) is 16.3.